The first-order chi connectivity index (χ1) is 7.77. The summed E-state index contributed by atoms with van der Waals surface area (Å²) in [5, 5.41) is 2.80. The van der Waals surface area contributed by atoms with Gasteiger partial charge in [-0.25, -0.2) is 4.98 Å². The van der Waals surface area contributed by atoms with Gasteiger partial charge < -0.3 is 15.8 Å². The van der Waals surface area contributed by atoms with Crippen LogP contribution in [0.5, 0.6) is 0 Å². The molecule has 0 aromatic carbocycles. The molecular weight excluding hydrogens is 206 g/mol. The molecule has 2 heterocycles. The third-order valence-corrected chi connectivity index (χ3v) is 2.60. The highest BCUT2D eigenvalue weighted by Gasteiger charge is 2.17. The number of nitrogen functional groups attached to an aromatic ring is 1. The molecule has 1 atom stereocenters. The summed E-state index contributed by atoms with van der Waals surface area (Å²) in [6.07, 6.45) is 3.77. The first kappa shape index (κ1) is 10.9. The lowest BCUT2D eigenvalue weighted by Crippen LogP contribution is -2.32. The number of nitrogens with zero attached hydrogens (tertiary/aromatic N) is 1. The van der Waals surface area contributed by atoms with Crippen molar-refractivity contribution in [1.29, 1.82) is 0 Å². The first-order valence-corrected chi connectivity index (χ1v) is 5.37. The number of hydrogen-bond donors (Lipinski definition) is 2. The van der Waals surface area contributed by atoms with Crippen molar-refractivity contribution in [2.75, 3.05) is 18.9 Å². The Balaban J connectivity index is 1.90. The monoisotopic (exact) mass is 221 g/mol. The molecule has 0 bridgehead atoms. The van der Waals surface area contributed by atoms with E-state index in [1.807, 2.05) is 0 Å². The number of anilines is 1. The molecule has 1 aromatic heterocycles. The van der Waals surface area contributed by atoms with Gasteiger partial charge >= 0.3 is 0 Å². The van der Waals surface area contributed by atoms with Crippen molar-refractivity contribution in [3.8, 4) is 0 Å². The second-order valence-electron chi connectivity index (χ2n) is 3.78. The van der Waals surface area contributed by atoms with E-state index in [0.29, 0.717) is 12.1 Å². The van der Waals surface area contributed by atoms with Gasteiger partial charge in [0, 0.05) is 19.3 Å². The van der Waals surface area contributed by atoms with Crippen molar-refractivity contribution >= 4 is 11.7 Å². The minimum atomic E-state index is -0.193. The van der Waals surface area contributed by atoms with Gasteiger partial charge in [0.15, 0.2) is 0 Å². The zero-order valence-electron chi connectivity index (χ0n) is 8.98. The highest BCUT2D eigenvalue weighted by Crippen LogP contribution is 2.11. The minimum absolute atomic E-state index is 0.141. The highest BCUT2D eigenvalue weighted by molar-refractivity contribution is 5.98. The highest BCUT2D eigenvalue weighted by atomic mass is 16.5. The third-order valence-electron chi connectivity index (χ3n) is 2.60. The van der Waals surface area contributed by atoms with Crippen LogP contribution in [0.3, 0.4) is 0 Å². The van der Waals surface area contributed by atoms with Crippen LogP contribution < -0.4 is 11.1 Å². The molecule has 1 aromatic rings. The Hall–Kier alpha value is -1.62. The summed E-state index contributed by atoms with van der Waals surface area (Å²) in [6, 6.07) is 3.35. The number of nitrogens with one attached hydrogen (secondary N) is 1. The van der Waals surface area contributed by atoms with Gasteiger partial charge in [-0.05, 0) is 25.0 Å². The summed E-state index contributed by atoms with van der Waals surface area (Å²) < 4.78 is 5.41. The zero-order chi connectivity index (χ0) is 11.4. The lowest BCUT2D eigenvalue weighted by atomic mass is 10.2. The molecule has 5 nitrogen and oxygen atoms in total. The SMILES string of the molecule is Nc1ncccc1C(=O)NCC1CCCO1. The minimum Gasteiger partial charge on any atom is -0.383 e. The average molecular weight is 221 g/mol. The van der Waals surface area contributed by atoms with Crippen LogP contribution in [0.1, 0.15) is 23.2 Å². The van der Waals surface area contributed by atoms with Crippen LogP contribution in [0.25, 0.3) is 0 Å². The van der Waals surface area contributed by atoms with Gasteiger partial charge in [-0.1, -0.05) is 0 Å². The van der Waals surface area contributed by atoms with Gasteiger partial charge in [0.1, 0.15) is 5.82 Å². The summed E-state index contributed by atoms with van der Waals surface area (Å²) in [6.45, 7) is 1.32. The van der Waals surface area contributed by atoms with E-state index in [1.165, 1.54) is 0 Å². The second kappa shape index (κ2) is 4.94. The van der Waals surface area contributed by atoms with E-state index in [-0.39, 0.29) is 17.8 Å². The van der Waals surface area contributed by atoms with Crippen molar-refractivity contribution in [3.63, 3.8) is 0 Å². The summed E-state index contributed by atoms with van der Waals surface area (Å²) in [4.78, 5) is 15.6. The molecule has 0 saturated carbocycles. The Bertz CT molecular complexity index is 375. The number of amides is 1. The number of hydrogen-bond acceptors (Lipinski definition) is 4. The van der Waals surface area contributed by atoms with Gasteiger partial charge in [0.2, 0.25) is 0 Å². The molecular formula is C11H15N3O2. The number of rotatable bonds is 3. The Kier molecular flexibility index (Phi) is 3.36. The second-order valence-corrected chi connectivity index (χ2v) is 3.78. The Labute approximate surface area is 94.0 Å². The Morgan fingerprint density at radius 2 is 2.56 bits per heavy atom. The van der Waals surface area contributed by atoms with Crippen LogP contribution >= 0.6 is 0 Å². The summed E-state index contributed by atoms with van der Waals surface area (Å²) in [5.41, 5.74) is 6.02. The van der Waals surface area contributed by atoms with Gasteiger partial charge in [0.25, 0.3) is 5.91 Å². The molecule has 1 aliphatic heterocycles. The number of carbonyl (C=O) groups excluding carboxylic acids is 1. The van der Waals surface area contributed by atoms with Crippen LogP contribution in [0, 0.1) is 0 Å². The van der Waals surface area contributed by atoms with Crippen LogP contribution in [-0.2, 0) is 4.74 Å². The van der Waals surface area contributed by atoms with Crippen molar-refractivity contribution in [1.82, 2.24) is 10.3 Å². The summed E-state index contributed by atoms with van der Waals surface area (Å²) in [5.74, 6) is 0.0634. The smallest absolute Gasteiger partial charge is 0.255 e. The normalized spacial score (nSPS) is 19.6. The van der Waals surface area contributed by atoms with E-state index < -0.39 is 0 Å². The molecule has 86 valence electrons. The predicted molar refractivity (Wildman–Crippen MR) is 60.0 cm³/mol. The maximum atomic E-state index is 11.7. The summed E-state index contributed by atoms with van der Waals surface area (Å²) in [7, 11) is 0. The van der Waals surface area contributed by atoms with Crippen molar-refractivity contribution in [3.05, 3.63) is 23.9 Å². The molecule has 2 rings (SSSR count). The topological polar surface area (TPSA) is 77.2 Å². The third kappa shape index (κ3) is 2.49. The fourth-order valence-electron chi connectivity index (χ4n) is 1.72. The number of pyridine rings is 1. The molecule has 1 fully saturated rings. The Morgan fingerprint density at radius 3 is 3.25 bits per heavy atom. The van der Waals surface area contributed by atoms with Gasteiger partial charge in [-0.2, -0.15) is 0 Å². The van der Waals surface area contributed by atoms with E-state index in [0.717, 1.165) is 19.4 Å². The van der Waals surface area contributed by atoms with Crippen LogP contribution in [0.15, 0.2) is 18.3 Å². The molecule has 1 unspecified atom stereocenters. The fourth-order valence-corrected chi connectivity index (χ4v) is 1.72. The van der Waals surface area contributed by atoms with E-state index in [1.54, 1.807) is 18.3 Å². The molecule has 0 aliphatic carbocycles. The van der Waals surface area contributed by atoms with Crippen molar-refractivity contribution < 1.29 is 9.53 Å². The number of ether oxygens (including phenoxy) is 1. The lowest BCUT2D eigenvalue weighted by Gasteiger charge is -2.11. The summed E-state index contributed by atoms with van der Waals surface area (Å²) >= 11 is 0. The zero-order valence-corrected chi connectivity index (χ0v) is 8.98. The van der Waals surface area contributed by atoms with Gasteiger partial charge in [0.05, 0.1) is 11.7 Å². The quantitative estimate of drug-likeness (QED) is 0.782. The van der Waals surface area contributed by atoms with Gasteiger partial charge in [-0.3, -0.25) is 4.79 Å². The first-order valence-electron chi connectivity index (χ1n) is 5.37. The molecule has 1 aliphatic rings. The molecule has 5 heteroatoms. The molecule has 3 N–H and O–H groups in total. The van der Waals surface area contributed by atoms with Crippen LogP contribution in [0.2, 0.25) is 0 Å². The predicted octanol–water partition coefficient (Wildman–Crippen LogP) is 0.573. The largest absolute Gasteiger partial charge is 0.383 e. The van der Waals surface area contributed by atoms with E-state index in [2.05, 4.69) is 10.3 Å². The van der Waals surface area contributed by atoms with Crippen molar-refractivity contribution in [2.45, 2.75) is 18.9 Å². The van der Waals surface area contributed by atoms with Crippen LogP contribution in [0.4, 0.5) is 5.82 Å². The molecule has 0 radical (unpaired) electrons. The Morgan fingerprint density at radius 1 is 1.69 bits per heavy atom. The molecule has 16 heavy (non-hydrogen) atoms. The standard InChI is InChI=1S/C11H15N3O2/c12-10-9(4-1-5-13-10)11(15)14-7-8-3-2-6-16-8/h1,4-5,8H,2-3,6-7H2,(H2,12,13)(H,14,15). The van der Waals surface area contributed by atoms with Crippen molar-refractivity contribution in [2.24, 2.45) is 0 Å². The molecule has 1 amide bonds. The molecule has 0 spiro atoms. The number of carbonyl (C=O) groups is 1. The lowest BCUT2D eigenvalue weighted by molar-refractivity contribution is 0.0858. The van der Waals surface area contributed by atoms with E-state index in [4.69, 9.17) is 10.5 Å². The number of nitrogens with two attached hydrogens (primary N) is 1. The fraction of sp³-hybridized carbons (Fsp3) is 0.455. The van der Waals surface area contributed by atoms with E-state index >= 15 is 0 Å². The average Bonchev–Trinajstić information content (AvgIpc) is 2.79. The maximum absolute atomic E-state index is 11.7. The number of aromatic nitrogens is 1. The van der Waals surface area contributed by atoms with Gasteiger partial charge in [-0.15, -0.1) is 0 Å². The van der Waals surface area contributed by atoms with E-state index in [9.17, 15) is 4.79 Å². The molecule has 1 saturated heterocycles. The van der Waals surface area contributed by atoms with Crippen LogP contribution in [-0.4, -0.2) is 30.1 Å². The maximum Gasteiger partial charge on any atom is 0.255 e.